The summed E-state index contributed by atoms with van der Waals surface area (Å²) in [5.74, 6) is 1.99. The number of hydrogen-bond donors (Lipinski definition) is 4. The van der Waals surface area contributed by atoms with E-state index in [1.165, 1.54) is 25.7 Å². The highest BCUT2D eigenvalue weighted by Crippen LogP contribution is 2.28. The molecule has 186 valence electrons. The summed E-state index contributed by atoms with van der Waals surface area (Å²) in [5.41, 5.74) is 2.04. The molecule has 0 radical (unpaired) electrons. The average molecular weight is 495 g/mol. The van der Waals surface area contributed by atoms with Gasteiger partial charge in [-0.1, -0.05) is 45.6 Å². The number of rotatable bonds is 9. The highest BCUT2D eigenvalue weighted by molar-refractivity contribution is 8.59. The lowest BCUT2D eigenvalue weighted by Crippen LogP contribution is -2.18. The van der Waals surface area contributed by atoms with Crippen LogP contribution in [0.3, 0.4) is 0 Å². The fourth-order valence-electron chi connectivity index (χ4n) is 3.30. The Balaban J connectivity index is 0.000000776. The summed E-state index contributed by atoms with van der Waals surface area (Å²) < 4.78 is 0. The van der Waals surface area contributed by atoms with Crippen molar-refractivity contribution in [2.75, 3.05) is 11.9 Å². The fourth-order valence-corrected chi connectivity index (χ4v) is 3.30. The van der Waals surface area contributed by atoms with Crippen LogP contribution in [0.1, 0.15) is 95.3 Å². The minimum absolute atomic E-state index is 0.303. The number of aromatic nitrogens is 3. The Morgan fingerprint density at radius 1 is 1.06 bits per heavy atom. The number of thiol groups is 2. The van der Waals surface area contributed by atoms with E-state index in [2.05, 4.69) is 43.6 Å². The van der Waals surface area contributed by atoms with Gasteiger partial charge in [-0.3, -0.25) is 0 Å². The first-order valence-electron chi connectivity index (χ1n) is 11.9. The maximum absolute atomic E-state index is 10.8. The average Bonchev–Trinajstić information content (AvgIpc) is 2.84. The van der Waals surface area contributed by atoms with Gasteiger partial charge in [-0.25, -0.2) is 15.0 Å². The largest absolute Gasteiger partial charge is 0.388 e. The third-order valence-corrected chi connectivity index (χ3v) is 4.96. The third kappa shape index (κ3) is 15.0. The van der Waals surface area contributed by atoms with Crippen molar-refractivity contribution in [2.24, 2.45) is 0 Å². The lowest BCUT2D eigenvalue weighted by Gasteiger charge is -2.22. The van der Waals surface area contributed by atoms with Gasteiger partial charge in [0.25, 0.3) is 0 Å². The Labute approximate surface area is 210 Å². The predicted octanol–water partition coefficient (Wildman–Crippen LogP) is 6.37. The van der Waals surface area contributed by atoms with E-state index in [9.17, 15) is 9.90 Å². The number of pyridine rings is 1. The van der Waals surface area contributed by atoms with Crippen LogP contribution < -0.4 is 5.32 Å². The SMILES string of the molecule is CC.CC(=O)CCCCCCCCc1ccc2c(n1)NCCC2O.Cc1ncccn1.SS. The van der Waals surface area contributed by atoms with Crippen molar-refractivity contribution >= 4 is 34.9 Å². The molecule has 0 saturated heterocycles. The molecule has 1 unspecified atom stereocenters. The van der Waals surface area contributed by atoms with Gasteiger partial charge >= 0.3 is 0 Å². The molecule has 3 heterocycles. The molecule has 3 rings (SSSR count). The van der Waals surface area contributed by atoms with Crippen molar-refractivity contribution in [2.45, 2.75) is 91.6 Å². The molecule has 0 bridgehead atoms. The van der Waals surface area contributed by atoms with Crippen LogP contribution in [0.15, 0.2) is 30.6 Å². The number of ketones is 1. The number of aryl methyl sites for hydroxylation is 2. The lowest BCUT2D eigenvalue weighted by atomic mass is 10.0. The molecule has 2 aromatic rings. The summed E-state index contributed by atoms with van der Waals surface area (Å²) in [7, 11) is 0. The van der Waals surface area contributed by atoms with Crippen LogP contribution >= 0.6 is 23.3 Å². The fraction of sp³-hybridized carbons (Fsp3) is 0.600. The number of anilines is 1. The topological polar surface area (TPSA) is 88.0 Å². The lowest BCUT2D eigenvalue weighted by molar-refractivity contribution is -0.117. The summed E-state index contributed by atoms with van der Waals surface area (Å²) >= 11 is 6.44. The van der Waals surface area contributed by atoms with Crippen LogP contribution in [0.4, 0.5) is 5.82 Å². The highest BCUT2D eigenvalue weighted by Gasteiger charge is 2.18. The number of carbonyl (C=O) groups is 1. The van der Waals surface area contributed by atoms with E-state index < -0.39 is 0 Å². The second-order valence-corrected chi connectivity index (χ2v) is 7.59. The van der Waals surface area contributed by atoms with Crippen LogP contribution in [0, 0.1) is 6.92 Å². The maximum atomic E-state index is 10.8. The zero-order valence-corrected chi connectivity index (χ0v) is 22.4. The van der Waals surface area contributed by atoms with Crippen molar-refractivity contribution in [3.8, 4) is 0 Å². The molecule has 0 fully saturated rings. The molecule has 0 aromatic carbocycles. The summed E-state index contributed by atoms with van der Waals surface area (Å²) in [6.07, 6.45) is 12.6. The molecule has 0 aliphatic carbocycles. The van der Waals surface area contributed by atoms with E-state index in [0.29, 0.717) is 5.78 Å². The van der Waals surface area contributed by atoms with Gasteiger partial charge in [0.15, 0.2) is 0 Å². The van der Waals surface area contributed by atoms with Gasteiger partial charge in [-0.05, 0) is 51.7 Å². The van der Waals surface area contributed by atoms with Crippen molar-refractivity contribution in [3.63, 3.8) is 0 Å². The Kier molecular flexibility index (Phi) is 19.9. The molecule has 1 atom stereocenters. The first kappa shape index (κ1) is 31.4. The number of nitrogens with zero attached hydrogens (tertiary/aromatic N) is 3. The van der Waals surface area contributed by atoms with Crippen LogP contribution in [-0.2, 0) is 11.2 Å². The van der Waals surface area contributed by atoms with Gasteiger partial charge in [0, 0.05) is 36.6 Å². The van der Waals surface area contributed by atoms with Crippen molar-refractivity contribution in [1.82, 2.24) is 15.0 Å². The van der Waals surface area contributed by atoms with Gasteiger partial charge in [0.1, 0.15) is 17.4 Å². The number of carbonyl (C=O) groups excluding carboxylic acids is 1. The zero-order chi connectivity index (χ0) is 24.9. The first-order valence-corrected chi connectivity index (χ1v) is 13.5. The van der Waals surface area contributed by atoms with Crippen molar-refractivity contribution < 1.29 is 9.90 Å². The minimum atomic E-state index is -0.368. The number of aliphatic hydroxyl groups is 1. The summed E-state index contributed by atoms with van der Waals surface area (Å²) in [6, 6.07) is 5.85. The Bertz CT molecular complexity index is 748. The Morgan fingerprint density at radius 3 is 2.24 bits per heavy atom. The number of fused-ring (bicyclic) bond motifs is 1. The van der Waals surface area contributed by atoms with Gasteiger partial charge in [0.2, 0.25) is 0 Å². The standard InChI is InChI=1S/C18H28N2O2.C5H6N2.C2H6.H2S2/c1-14(21)8-6-4-2-3-5-7-9-15-10-11-16-17(22)12-13-19-18(16)20-15;1-5-6-3-2-4-7-5;2*1-2/h10-11,17,22H,2-9,12-13H2,1H3,(H,19,20);2-4H,1H3;1-2H3;1-2H. The van der Waals surface area contributed by atoms with Crippen LogP contribution in [0.5, 0.6) is 0 Å². The van der Waals surface area contributed by atoms with E-state index in [-0.39, 0.29) is 6.10 Å². The van der Waals surface area contributed by atoms with E-state index >= 15 is 0 Å². The van der Waals surface area contributed by atoms with E-state index in [0.717, 1.165) is 61.5 Å². The number of hydrogen-bond acceptors (Lipinski definition) is 8. The summed E-state index contributed by atoms with van der Waals surface area (Å²) in [5, 5.41) is 13.2. The first-order chi connectivity index (χ1) is 16.1. The number of nitrogens with one attached hydrogen (secondary N) is 1. The van der Waals surface area contributed by atoms with E-state index in [1.54, 1.807) is 25.4 Å². The molecule has 2 aromatic heterocycles. The van der Waals surface area contributed by atoms with E-state index in [1.807, 2.05) is 32.9 Å². The molecule has 1 aliphatic heterocycles. The molecule has 1 aliphatic rings. The minimum Gasteiger partial charge on any atom is -0.388 e. The van der Waals surface area contributed by atoms with Gasteiger partial charge in [-0.15, -0.1) is 23.3 Å². The van der Waals surface area contributed by atoms with Gasteiger partial charge in [-0.2, -0.15) is 0 Å². The third-order valence-electron chi connectivity index (χ3n) is 4.96. The van der Waals surface area contributed by atoms with Gasteiger partial charge in [0.05, 0.1) is 6.10 Å². The highest BCUT2D eigenvalue weighted by atomic mass is 33.1. The molecule has 0 spiro atoms. The molecule has 33 heavy (non-hydrogen) atoms. The van der Waals surface area contributed by atoms with Crippen molar-refractivity contribution in [3.05, 3.63) is 47.7 Å². The molecular weight excluding hydrogens is 452 g/mol. The molecular formula is C25H42N4O2S2. The maximum Gasteiger partial charge on any atom is 0.132 e. The van der Waals surface area contributed by atoms with Crippen molar-refractivity contribution in [1.29, 1.82) is 0 Å². The molecule has 2 N–H and O–H groups in total. The van der Waals surface area contributed by atoms with Crippen LogP contribution in [0.2, 0.25) is 0 Å². The Morgan fingerprint density at radius 2 is 1.67 bits per heavy atom. The number of Topliss-reactive ketones (excluding diaryl/α,β-unsaturated/α-hetero) is 1. The summed E-state index contributed by atoms with van der Waals surface area (Å²) in [4.78, 5) is 23.2. The Hall–Kier alpha value is -1.64. The zero-order valence-electron chi connectivity index (χ0n) is 20.6. The monoisotopic (exact) mass is 494 g/mol. The van der Waals surface area contributed by atoms with E-state index in [4.69, 9.17) is 0 Å². The second kappa shape index (κ2) is 20.9. The smallest absolute Gasteiger partial charge is 0.132 e. The number of unbranched alkanes of at least 4 members (excludes halogenated alkanes) is 5. The summed E-state index contributed by atoms with van der Waals surface area (Å²) in [6.45, 7) is 8.32. The molecule has 0 saturated carbocycles. The number of aliphatic hydroxyl groups excluding tert-OH is 1. The quantitative estimate of drug-likeness (QED) is 0.184. The normalized spacial score (nSPS) is 13.5. The molecule has 0 amide bonds. The molecule has 6 nitrogen and oxygen atoms in total. The van der Waals surface area contributed by atoms with Gasteiger partial charge < -0.3 is 15.2 Å². The van der Waals surface area contributed by atoms with Crippen LogP contribution in [0.25, 0.3) is 0 Å². The van der Waals surface area contributed by atoms with Crippen LogP contribution in [-0.4, -0.2) is 32.4 Å². The second-order valence-electron chi connectivity index (χ2n) is 7.59. The predicted molar refractivity (Wildman–Crippen MR) is 145 cm³/mol. The molecule has 8 heteroatoms.